The first kappa shape index (κ1) is 21.2. The minimum absolute atomic E-state index is 0.198. The summed E-state index contributed by atoms with van der Waals surface area (Å²) in [5.74, 6) is -2.86. The molecule has 3 saturated heterocycles. The molecule has 1 N–H and O–H groups in total. The van der Waals surface area contributed by atoms with Crippen LogP contribution in [0.15, 0.2) is 30.3 Å². The highest BCUT2D eigenvalue weighted by atomic mass is 35.5. The van der Waals surface area contributed by atoms with Crippen molar-refractivity contribution in [2.45, 2.75) is 38.3 Å². The third-order valence-electron chi connectivity index (χ3n) is 8.01. The molecule has 2 aromatic rings. The van der Waals surface area contributed by atoms with E-state index in [-0.39, 0.29) is 23.3 Å². The first-order valence-corrected chi connectivity index (χ1v) is 11.6. The molecule has 34 heavy (non-hydrogen) atoms. The average molecular weight is 481 g/mol. The van der Waals surface area contributed by atoms with Gasteiger partial charge in [-0.1, -0.05) is 23.7 Å². The van der Waals surface area contributed by atoms with Crippen LogP contribution in [0.25, 0.3) is 0 Å². The van der Waals surface area contributed by atoms with Crippen LogP contribution in [0.5, 0.6) is 0 Å². The first-order valence-electron chi connectivity index (χ1n) is 11.2. The Morgan fingerprint density at radius 1 is 1.15 bits per heavy atom. The molecular weight excluding hydrogens is 460 g/mol. The van der Waals surface area contributed by atoms with E-state index in [0.717, 1.165) is 11.3 Å². The van der Waals surface area contributed by atoms with Gasteiger partial charge in [0.1, 0.15) is 5.54 Å². The predicted octanol–water partition coefficient (Wildman–Crippen LogP) is 3.30. The lowest BCUT2D eigenvalue weighted by molar-refractivity contribution is -0.384. The minimum atomic E-state index is -1.31. The quantitative estimate of drug-likeness (QED) is 0.401. The van der Waals surface area contributed by atoms with Gasteiger partial charge < -0.3 is 5.32 Å². The van der Waals surface area contributed by atoms with Gasteiger partial charge in [0.15, 0.2) is 0 Å². The number of nitrogens with one attached hydrogen (secondary N) is 1. The normalized spacial score (nSPS) is 29.6. The minimum Gasteiger partial charge on any atom is -0.324 e. The highest BCUT2D eigenvalue weighted by molar-refractivity contribution is 6.32. The summed E-state index contributed by atoms with van der Waals surface area (Å²) in [6, 6.07) is 7.37. The molecule has 6 rings (SSSR count). The Labute approximate surface area is 199 Å². The van der Waals surface area contributed by atoms with Gasteiger partial charge in [0.05, 0.1) is 28.1 Å². The fourth-order valence-electron chi connectivity index (χ4n) is 6.58. The second kappa shape index (κ2) is 6.86. The number of hydrogen-bond donors (Lipinski definition) is 1. The maximum absolute atomic E-state index is 14.0. The van der Waals surface area contributed by atoms with Crippen LogP contribution in [0, 0.1) is 35.8 Å². The summed E-state index contributed by atoms with van der Waals surface area (Å²) in [5, 5.41) is 14.8. The summed E-state index contributed by atoms with van der Waals surface area (Å²) >= 11 is 6.32. The lowest BCUT2D eigenvalue weighted by Gasteiger charge is -2.36. The zero-order valence-electron chi connectivity index (χ0n) is 18.5. The molecule has 0 aromatic heterocycles. The number of amides is 3. The summed E-state index contributed by atoms with van der Waals surface area (Å²) in [6.45, 7) is 4.12. The van der Waals surface area contributed by atoms with Gasteiger partial charge in [0.25, 0.3) is 5.69 Å². The number of nitro benzene ring substituents is 1. The molecule has 0 radical (unpaired) electrons. The molecule has 4 aliphatic heterocycles. The Bertz CT molecular complexity index is 1340. The zero-order valence-corrected chi connectivity index (χ0v) is 19.3. The third-order valence-corrected chi connectivity index (χ3v) is 8.42. The van der Waals surface area contributed by atoms with Crippen molar-refractivity contribution in [3.05, 3.63) is 62.2 Å². The van der Waals surface area contributed by atoms with E-state index in [1.165, 1.54) is 18.2 Å². The van der Waals surface area contributed by atoms with Gasteiger partial charge in [-0.05, 0) is 50.4 Å². The first-order chi connectivity index (χ1) is 16.2. The predicted molar refractivity (Wildman–Crippen MR) is 124 cm³/mol. The highest BCUT2D eigenvalue weighted by Gasteiger charge is 2.74. The van der Waals surface area contributed by atoms with Crippen LogP contribution in [0.3, 0.4) is 0 Å². The molecule has 3 amide bonds. The molecule has 3 fully saturated rings. The fraction of sp³-hybridized carbons (Fsp3) is 0.375. The molecule has 9 nitrogen and oxygen atoms in total. The third kappa shape index (κ3) is 2.35. The van der Waals surface area contributed by atoms with E-state index in [0.29, 0.717) is 40.4 Å². The number of non-ortho nitro benzene ring substituents is 1. The van der Waals surface area contributed by atoms with Crippen LogP contribution >= 0.6 is 11.6 Å². The van der Waals surface area contributed by atoms with E-state index in [2.05, 4.69) is 5.32 Å². The number of rotatable bonds is 2. The van der Waals surface area contributed by atoms with E-state index in [9.17, 15) is 24.5 Å². The second-order valence-corrected chi connectivity index (χ2v) is 9.87. The molecule has 1 spiro atoms. The summed E-state index contributed by atoms with van der Waals surface area (Å²) in [7, 11) is 0. The van der Waals surface area contributed by atoms with Crippen molar-refractivity contribution >= 4 is 46.4 Å². The summed E-state index contributed by atoms with van der Waals surface area (Å²) in [4.78, 5) is 55.5. The van der Waals surface area contributed by atoms with E-state index in [1.807, 2.05) is 11.8 Å². The lowest BCUT2D eigenvalue weighted by atomic mass is 9.75. The standard InChI is InChI=1S/C24H21ClN4O5/c1-11-5-6-13(29(33)34)10-17(11)28-21(30)18-16-4-3-9-27(16)24(19(18)22(28)31)14-7-8-15(25)12(2)20(14)26-23(24)32/h5-8,10,16,18-19H,3-4,9H2,1-2H3,(H,26,32)/t16-,18-,19+,24-/m1/s1. The van der Waals surface area contributed by atoms with Crippen molar-refractivity contribution in [3.8, 4) is 0 Å². The van der Waals surface area contributed by atoms with Crippen LogP contribution < -0.4 is 10.2 Å². The number of benzene rings is 2. The van der Waals surface area contributed by atoms with Crippen molar-refractivity contribution < 1.29 is 19.3 Å². The van der Waals surface area contributed by atoms with E-state index in [4.69, 9.17) is 11.6 Å². The van der Waals surface area contributed by atoms with Crippen LogP contribution in [0.1, 0.15) is 29.5 Å². The maximum atomic E-state index is 14.0. The number of imide groups is 1. The molecule has 174 valence electrons. The van der Waals surface area contributed by atoms with Gasteiger partial charge in [0, 0.05) is 28.8 Å². The molecule has 0 saturated carbocycles. The molecule has 4 atom stereocenters. The molecule has 10 heteroatoms. The van der Waals surface area contributed by atoms with Gasteiger partial charge in [0.2, 0.25) is 17.7 Å². The average Bonchev–Trinajstić information content (AvgIpc) is 3.50. The summed E-state index contributed by atoms with van der Waals surface area (Å²) < 4.78 is 0. The Balaban J connectivity index is 1.56. The zero-order chi connectivity index (χ0) is 24.1. The van der Waals surface area contributed by atoms with E-state index >= 15 is 0 Å². The monoisotopic (exact) mass is 480 g/mol. The number of carbonyl (C=O) groups excluding carboxylic acids is 3. The Kier molecular flexibility index (Phi) is 4.29. The van der Waals surface area contributed by atoms with Crippen molar-refractivity contribution in [3.63, 3.8) is 0 Å². The van der Waals surface area contributed by atoms with Gasteiger partial charge >= 0.3 is 0 Å². The molecule has 4 heterocycles. The number of hydrogen-bond acceptors (Lipinski definition) is 6. The number of fused-ring (bicyclic) bond motifs is 7. The summed E-state index contributed by atoms with van der Waals surface area (Å²) in [5.41, 5.74) is 1.22. The highest BCUT2D eigenvalue weighted by Crippen LogP contribution is 2.61. The maximum Gasteiger partial charge on any atom is 0.271 e. The number of aryl methyl sites for hydroxylation is 1. The van der Waals surface area contributed by atoms with Crippen LogP contribution in [0.2, 0.25) is 5.02 Å². The Hall–Kier alpha value is -3.30. The Morgan fingerprint density at radius 3 is 2.65 bits per heavy atom. The lowest BCUT2D eigenvalue weighted by Crippen LogP contribution is -2.54. The van der Waals surface area contributed by atoms with Crippen LogP contribution in [-0.2, 0) is 19.9 Å². The van der Waals surface area contributed by atoms with Crippen molar-refractivity contribution in [1.82, 2.24) is 4.90 Å². The van der Waals surface area contributed by atoms with Crippen LogP contribution in [0.4, 0.5) is 17.1 Å². The molecule has 0 unspecified atom stereocenters. The number of carbonyl (C=O) groups is 3. The van der Waals surface area contributed by atoms with Crippen molar-refractivity contribution in [2.75, 3.05) is 16.8 Å². The second-order valence-electron chi connectivity index (χ2n) is 9.46. The van der Waals surface area contributed by atoms with Gasteiger partial charge in [-0.25, -0.2) is 4.90 Å². The number of nitro groups is 1. The van der Waals surface area contributed by atoms with E-state index < -0.39 is 34.1 Å². The smallest absolute Gasteiger partial charge is 0.271 e. The molecular formula is C24H21ClN4O5. The van der Waals surface area contributed by atoms with Gasteiger partial charge in [-0.3, -0.25) is 29.4 Å². The number of halogens is 1. The van der Waals surface area contributed by atoms with Gasteiger partial charge in [-0.15, -0.1) is 0 Å². The topological polar surface area (TPSA) is 113 Å². The fourth-order valence-corrected chi connectivity index (χ4v) is 6.74. The largest absolute Gasteiger partial charge is 0.324 e. The van der Waals surface area contributed by atoms with E-state index in [1.54, 1.807) is 19.1 Å². The SMILES string of the molecule is Cc1ccc([N+](=O)[O-])cc1N1C(=O)[C@@H]2[C@H]3CCCN3[C@@]3(C(=O)Nc4c3ccc(Cl)c4C)[C@@H]2C1=O. The molecule has 4 aliphatic rings. The summed E-state index contributed by atoms with van der Waals surface area (Å²) in [6.07, 6.45) is 1.50. The molecule has 0 bridgehead atoms. The van der Waals surface area contributed by atoms with Crippen molar-refractivity contribution in [1.29, 1.82) is 0 Å². The number of nitrogens with zero attached hydrogens (tertiary/aromatic N) is 3. The van der Waals surface area contributed by atoms with Crippen molar-refractivity contribution in [2.24, 2.45) is 11.8 Å². The number of anilines is 2. The Morgan fingerprint density at radius 2 is 1.91 bits per heavy atom. The van der Waals surface area contributed by atoms with Crippen LogP contribution in [-0.4, -0.2) is 40.1 Å². The molecule has 2 aromatic carbocycles. The van der Waals surface area contributed by atoms with Gasteiger partial charge in [-0.2, -0.15) is 0 Å². The molecule has 0 aliphatic carbocycles.